The molecule has 2 heterocycles. The number of rotatable bonds is 3. The Morgan fingerprint density at radius 1 is 1.38 bits per heavy atom. The van der Waals surface area contributed by atoms with Crippen LogP contribution in [0.4, 0.5) is 5.00 Å². The van der Waals surface area contributed by atoms with Gasteiger partial charge in [0.25, 0.3) is 0 Å². The molecule has 3 rings (SSSR count). The van der Waals surface area contributed by atoms with Crippen molar-refractivity contribution in [2.24, 2.45) is 5.92 Å². The Bertz CT molecular complexity index is 654. The van der Waals surface area contributed by atoms with Gasteiger partial charge in [-0.15, -0.1) is 11.3 Å². The van der Waals surface area contributed by atoms with Crippen molar-refractivity contribution in [3.05, 3.63) is 16.0 Å². The van der Waals surface area contributed by atoms with Crippen LogP contribution in [0.15, 0.2) is 0 Å². The molecule has 1 aliphatic carbocycles. The van der Waals surface area contributed by atoms with Gasteiger partial charge < -0.3 is 10.1 Å². The van der Waals surface area contributed by atoms with Crippen molar-refractivity contribution in [2.75, 3.05) is 25.0 Å². The number of carbonyl (C=O) groups is 1. The average molecular weight is 347 g/mol. The van der Waals surface area contributed by atoms with Gasteiger partial charge >= 0.3 is 0 Å². The third kappa shape index (κ3) is 3.80. The fourth-order valence-corrected chi connectivity index (χ4v) is 5.12. The Balaban J connectivity index is 1.67. The molecule has 1 aliphatic heterocycles. The highest BCUT2D eigenvalue weighted by molar-refractivity contribution is 7.16. The van der Waals surface area contributed by atoms with Crippen molar-refractivity contribution in [2.45, 2.75) is 52.2 Å². The van der Waals surface area contributed by atoms with Crippen molar-refractivity contribution in [1.29, 1.82) is 5.26 Å². The minimum Gasteiger partial charge on any atom is -0.373 e. The van der Waals surface area contributed by atoms with Gasteiger partial charge in [-0.05, 0) is 44.6 Å². The first-order valence-electron chi connectivity index (χ1n) is 8.68. The summed E-state index contributed by atoms with van der Waals surface area (Å²) in [6.45, 7) is 8.18. The summed E-state index contributed by atoms with van der Waals surface area (Å²) in [6.07, 6.45) is 3.38. The van der Waals surface area contributed by atoms with Crippen LogP contribution >= 0.6 is 11.3 Å². The van der Waals surface area contributed by atoms with Gasteiger partial charge in [0.05, 0.1) is 24.3 Å². The Labute approximate surface area is 147 Å². The molecule has 0 aromatic carbocycles. The summed E-state index contributed by atoms with van der Waals surface area (Å²) < 4.78 is 5.70. The first-order chi connectivity index (χ1) is 11.5. The number of morpholine rings is 1. The fourth-order valence-electron chi connectivity index (χ4n) is 3.74. The number of amides is 1. The van der Waals surface area contributed by atoms with Crippen molar-refractivity contribution in [3.63, 3.8) is 0 Å². The molecule has 1 saturated heterocycles. The Hall–Kier alpha value is -1.42. The maximum atomic E-state index is 12.4. The Morgan fingerprint density at radius 2 is 2.08 bits per heavy atom. The van der Waals surface area contributed by atoms with Gasteiger partial charge in [-0.2, -0.15) is 5.26 Å². The molecular formula is C18H25N3O2S. The van der Waals surface area contributed by atoms with Crippen LogP contribution in [0, 0.1) is 17.2 Å². The Morgan fingerprint density at radius 3 is 2.75 bits per heavy atom. The van der Waals surface area contributed by atoms with Gasteiger partial charge in [0.2, 0.25) is 5.91 Å². The molecule has 24 heavy (non-hydrogen) atoms. The lowest BCUT2D eigenvalue weighted by Gasteiger charge is -2.34. The maximum absolute atomic E-state index is 12.4. The van der Waals surface area contributed by atoms with E-state index < -0.39 is 0 Å². The second-order valence-electron chi connectivity index (χ2n) is 7.17. The van der Waals surface area contributed by atoms with Crippen LogP contribution in [0.2, 0.25) is 0 Å². The first kappa shape index (κ1) is 17.4. The van der Waals surface area contributed by atoms with E-state index in [0.717, 1.165) is 42.9 Å². The van der Waals surface area contributed by atoms with E-state index in [1.807, 2.05) is 13.8 Å². The summed E-state index contributed by atoms with van der Waals surface area (Å²) in [5.74, 6) is 0.613. The highest BCUT2D eigenvalue weighted by atomic mass is 32.1. The topological polar surface area (TPSA) is 65.4 Å². The predicted molar refractivity (Wildman–Crippen MR) is 95.3 cm³/mol. The zero-order valence-electron chi connectivity index (χ0n) is 14.6. The largest absolute Gasteiger partial charge is 0.373 e. The van der Waals surface area contributed by atoms with E-state index in [0.29, 0.717) is 18.0 Å². The van der Waals surface area contributed by atoms with Gasteiger partial charge in [-0.3, -0.25) is 9.69 Å². The minimum absolute atomic E-state index is 0.0422. The molecule has 0 bridgehead atoms. The summed E-state index contributed by atoms with van der Waals surface area (Å²) in [7, 11) is 0. The molecule has 130 valence electrons. The van der Waals surface area contributed by atoms with Crippen LogP contribution in [0.25, 0.3) is 0 Å². The summed E-state index contributed by atoms with van der Waals surface area (Å²) in [5, 5.41) is 13.2. The van der Waals surface area contributed by atoms with Crippen molar-refractivity contribution >= 4 is 22.2 Å². The second kappa shape index (κ2) is 7.22. The molecule has 0 spiro atoms. The molecule has 6 heteroatoms. The van der Waals surface area contributed by atoms with Gasteiger partial charge in [-0.1, -0.05) is 6.92 Å². The number of hydrogen-bond donors (Lipinski definition) is 1. The van der Waals surface area contributed by atoms with E-state index >= 15 is 0 Å². The van der Waals surface area contributed by atoms with Crippen LogP contribution in [-0.2, 0) is 22.4 Å². The number of ether oxygens (including phenoxy) is 1. The lowest BCUT2D eigenvalue weighted by molar-refractivity contribution is -0.121. The average Bonchev–Trinajstić information content (AvgIpc) is 2.81. The number of nitriles is 1. The van der Waals surface area contributed by atoms with Crippen molar-refractivity contribution < 1.29 is 9.53 Å². The van der Waals surface area contributed by atoms with E-state index in [4.69, 9.17) is 4.74 Å². The lowest BCUT2D eigenvalue weighted by atomic mass is 9.89. The standard InChI is InChI=1S/C18H25N3O2S/c1-11-4-5-14-15(7-19)18(24-16(14)6-11)20-17(22)10-21-8-12(2)23-13(3)9-21/h11-13H,4-6,8-10H2,1-3H3,(H,20,22). The Kier molecular flexibility index (Phi) is 5.24. The summed E-state index contributed by atoms with van der Waals surface area (Å²) in [6, 6.07) is 2.30. The smallest absolute Gasteiger partial charge is 0.239 e. The van der Waals surface area contributed by atoms with Crippen LogP contribution in [0.5, 0.6) is 0 Å². The van der Waals surface area contributed by atoms with Crippen LogP contribution in [-0.4, -0.2) is 42.6 Å². The van der Waals surface area contributed by atoms with E-state index in [9.17, 15) is 10.1 Å². The number of hydrogen-bond acceptors (Lipinski definition) is 5. The summed E-state index contributed by atoms with van der Waals surface area (Å²) >= 11 is 1.58. The third-order valence-corrected chi connectivity index (χ3v) is 5.91. The van der Waals surface area contributed by atoms with Crippen molar-refractivity contribution in [3.8, 4) is 6.07 Å². The molecule has 0 saturated carbocycles. The first-order valence-corrected chi connectivity index (χ1v) is 9.50. The number of fused-ring (bicyclic) bond motifs is 1. The highest BCUT2D eigenvalue weighted by Gasteiger charge is 2.26. The summed E-state index contributed by atoms with van der Waals surface area (Å²) in [4.78, 5) is 15.8. The molecule has 2 aliphatic rings. The quantitative estimate of drug-likeness (QED) is 0.913. The third-order valence-electron chi connectivity index (χ3n) is 4.74. The zero-order chi connectivity index (χ0) is 17.3. The zero-order valence-corrected chi connectivity index (χ0v) is 15.4. The van der Waals surface area contributed by atoms with Crippen molar-refractivity contribution in [1.82, 2.24) is 4.90 Å². The van der Waals surface area contributed by atoms with Crippen LogP contribution in [0.3, 0.4) is 0 Å². The normalized spacial score (nSPS) is 27.3. The molecule has 3 unspecified atom stereocenters. The number of anilines is 1. The molecule has 1 N–H and O–H groups in total. The molecule has 0 radical (unpaired) electrons. The number of thiophene rings is 1. The number of nitrogens with zero attached hydrogens (tertiary/aromatic N) is 2. The second-order valence-corrected chi connectivity index (χ2v) is 8.27. The van der Waals surface area contributed by atoms with Gasteiger partial charge in [0, 0.05) is 18.0 Å². The molecule has 1 aromatic rings. The molecular weight excluding hydrogens is 322 g/mol. The van der Waals surface area contributed by atoms with Gasteiger partial charge in [0.1, 0.15) is 11.1 Å². The van der Waals surface area contributed by atoms with E-state index in [2.05, 4.69) is 23.2 Å². The SMILES string of the molecule is CC1CCc2c(sc(NC(=O)CN3CC(C)OC(C)C3)c2C#N)C1. The number of nitrogens with one attached hydrogen (secondary N) is 1. The van der Waals surface area contributed by atoms with Crippen LogP contribution in [0.1, 0.15) is 43.2 Å². The molecule has 1 amide bonds. The van der Waals surface area contributed by atoms with E-state index in [1.54, 1.807) is 11.3 Å². The maximum Gasteiger partial charge on any atom is 0.239 e. The fraction of sp³-hybridized carbons (Fsp3) is 0.667. The molecule has 5 nitrogen and oxygen atoms in total. The monoisotopic (exact) mass is 347 g/mol. The lowest BCUT2D eigenvalue weighted by Crippen LogP contribution is -2.48. The molecule has 3 atom stereocenters. The van der Waals surface area contributed by atoms with Crippen LogP contribution < -0.4 is 5.32 Å². The predicted octanol–water partition coefficient (Wildman–Crippen LogP) is 2.79. The van der Waals surface area contributed by atoms with E-state index in [-0.39, 0.29) is 18.1 Å². The number of carbonyl (C=O) groups excluding carboxylic acids is 1. The van der Waals surface area contributed by atoms with E-state index in [1.165, 1.54) is 4.88 Å². The molecule has 1 fully saturated rings. The summed E-state index contributed by atoms with van der Waals surface area (Å²) in [5.41, 5.74) is 1.84. The van der Waals surface area contributed by atoms with Gasteiger partial charge in [0.15, 0.2) is 0 Å². The minimum atomic E-state index is -0.0422. The highest BCUT2D eigenvalue weighted by Crippen LogP contribution is 2.39. The van der Waals surface area contributed by atoms with Gasteiger partial charge in [-0.25, -0.2) is 0 Å². The molecule has 1 aromatic heterocycles.